The molecule has 1 aromatic carbocycles. The molecule has 4 heteroatoms. The minimum Gasteiger partial charge on any atom is -0.361 e. The third kappa shape index (κ3) is 2.01. The lowest BCUT2D eigenvalue weighted by atomic mass is 9.95. The standard InChI is InChI=1S/C16H17ClN2O/c17-11-3-4-14-12(7-11)13(8-18-14)16(5-6-16)9-19-15(20)10-1-2-10/h3-4,7-8,10,18H,1-2,5-6,9H2,(H,19,20). The van der Waals surface area contributed by atoms with Gasteiger partial charge in [-0.2, -0.15) is 0 Å². The summed E-state index contributed by atoms with van der Waals surface area (Å²) in [4.78, 5) is 15.1. The Bertz CT molecular complexity index is 683. The zero-order valence-corrected chi connectivity index (χ0v) is 12.0. The lowest BCUT2D eigenvalue weighted by Crippen LogP contribution is -2.33. The lowest BCUT2D eigenvalue weighted by molar-refractivity contribution is -0.122. The number of benzene rings is 1. The molecule has 0 radical (unpaired) electrons. The molecule has 20 heavy (non-hydrogen) atoms. The highest BCUT2D eigenvalue weighted by Gasteiger charge is 2.46. The van der Waals surface area contributed by atoms with Crippen molar-refractivity contribution < 1.29 is 4.79 Å². The zero-order chi connectivity index (χ0) is 13.7. The molecule has 0 bridgehead atoms. The summed E-state index contributed by atoms with van der Waals surface area (Å²) in [6, 6.07) is 5.93. The quantitative estimate of drug-likeness (QED) is 0.890. The fourth-order valence-electron chi connectivity index (χ4n) is 2.97. The van der Waals surface area contributed by atoms with Crippen LogP contribution in [0.25, 0.3) is 10.9 Å². The molecule has 2 aromatic rings. The number of hydrogen-bond donors (Lipinski definition) is 2. The molecule has 2 N–H and O–H groups in total. The lowest BCUT2D eigenvalue weighted by Gasteiger charge is -2.15. The molecule has 0 atom stereocenters. The highest BCUT2D eigenvalue weighted by molar-refractivity contribution is 6.31. The van der Waals surface area contributed by atoms with Crippen molar-refractivity contribution in [3.8, 4) is 0 Å². The number of aromatic nitrogens is 1. The van der Waals surface area contributed by atoms with Gasteiger partial charge in [0.2, 0.25) is 5.91 Å². The zero-order valence-electron chi connectivity index (χ0n) is 11.2. The molecule has 1 aromatic heterocycles. The predicted molar refractivity (Wildman–Crippen MR) is 80.0 cm³/mol. The van der Waals surface area contributed by atoms with Gasteiger partial charge in [-0.15, -0.1) is 0 Å². The second-order valence-electron chi connectivity index (χ2n) is 6.16. The van der Waals surface area contributed by atoms with Crippen molar-refractivity contribution >= 4 is 28.4 Å². The van der Waals surface area contributed by atoms with Crippen molar-refractivity contribution in [1.29, 1.82) is 0 Å². The number of nitrogens with one attached hydrogen (secondary N) is 2. The number of rotatable bonds is 4. The van der Waals surface area contributed by atoms with E-state index in [1.54, 1.807) is 0 Å². The molecule has 1 amide bonds. The summed E-state index contributed by atoms with van der Waals surface area (Å²) in [5, 5.41) is 5.08. The summed E-state index contributed by atoms with van der Waals surface area (Å²) in [7, 11) is 0. The van der Waals surface area contributed by atoms with E-state index in [0.29, 0.717) is 0 Å². The second-order valence-corrected chi connectivity index (χ2v) is 6.60. The third-order valence-electron chi connectivity index (χ3n) is 4.62. The molecule has 2 saturated carbocycles. The summed E-state index contributed by atoms with van der Waals surface area (Å²) in [5.74, 6) is 0.511. The normalized spacial score (nSPS) is 20.1. The minimum absolute atomic E-state index is 0.119. The summed E-state index contributed by atoms with van der Waals surface area (Å²) < 4.78 is 0. The molecule has 2 aliphatic rings. The third-order valence-corrected chi connectivity index (χ3v) is 4.85. The first-order valence-electron chi connectivity index (χ1n) is 7.23. The maximum atomic E-state index is 11.8. The van der Waals surface area contributed by atoms with Gasteiger partial charge >= 0.3 is 0 Å². The van der Waals surface area contributed by atoms with Gasteiger partial charge in [0.15, 0.2) is 0 Å². The first-order chi connectivity index (χ1) is 9.68. The van der Waals surface area contributed by atoms with E-state index in [-0.39, 0.29) is 17.2 Å². The van der Waals surface area contributed by atoms with Crippen LogP contribution in [0.5, 0.6) is 0 Å². The molecule has 0 spiro atoms. The van der Waals surface area contributed by atoms with Gasteiger partial charge in [-0.3, -0.25) is 4.79 Å². The average Bonchev–Trinajstić information content (AvgIpc) is 3.35. The van der Waals surface area contributed by atoms with Gasteiger partial charge in [-0.25, -0.2) is 0 Å². The summed E-state index contributed by atoms with van der Waals surface area (Å²) in [5.41, 5.74) is 2.53. The largest absolute Gasteiger partial charge is 0.361 e. The van der Waals surface area contributed by atoms with E-state index in [1.165, 1.54) is 10.9 Å². The van der Waals surface area contributed by atoms with Crippen LogP contribution in [0.2, 0.25) is 5.02 Å². The molecule has 2 aliphatic carbocycles. The molecule has 0 unspecified atom stereocenters. The number of carbonyl (C=O) groups excluding carboxylic acids is 1. The predicted octanol–water partition coefficient (Wildman–Crippen LogP) is 3.38. The van der Waals surface area contributed by atoms with Gasteiger partial charge in [-0.1, -0.05) is 11.6 Å². The maximum Gasteiger partial charge on any atom is 0.223 e. The monoisotopic (exact) mass is 288 g/mol. The van der Waals surface area contributed by atoms with Crippen LogP contribution < -0.4 is 5.32 Å². The van der Waals surface area contributed by atoms with Gasteiger partial charge in [0.25, 0.3) is 0 Å². The Hall–Kier alpha value is -1.48. The molecule has 1 heterocycles. The van der Waals surface area contributed by atoms with Crippen molar-refractivity contribution in [2.75, 3.05) is 6.54 Å². The molecule has 2 fully saturated rings. The van der Waals surface area contributed by atoms with Crippen molar-refractivity contribution in [1.82, 2.24) is 10.3 Å². The Balaban J connectivity index is 1.60. The number of amides is 1. The molecular formula is C16H17ClN2O. The van der Waals surface area contributed by atoms with Crippen molar-refractivity contribution in [2.24, 2.45) is 5.92 Å². The topological polar surface area (TPSA) is 44.9 Å². The van der Waals surface area contributed by atoms with Crippen molar-refractivity contribution in [3.05, 3.63) is 35.0 Å². The number of carbonyl (C=O) groups is 1. The first-order valence-corrected chi connectivity index (χ1v) is 7.61. The highest BCUT2D eigenvalue weighted by Crippen LogP contribution is 2.50. The average molecular weight is 289 g/mol. The Labute approximate surface area is 122 Å². The van der Waals surface area contributed by atoms with Crippen LogP contribution in [-0.2, 0) is 10.2 Å². The van der Waals surface area contributed by atoms with Crippen LogP contribution in [0.15, 0.2) is 24.4 Å². The molecule has 0 saturated heterocycles. The molecule has 3 nitrogen and oxygen atoms in total. The van der Waals surface area contributed by atoms with Crippen molar-refractivity contribution in [3.63, 3.8) is 0 Å². The van der Waals surface area contributed by atoms with Gasteiger partial charge in [0.05, 0.1) is 0 Å². The number of halogens is 1. The van der Waals surface area contributed by atoms with Crippen LogP contribution in [0.4, 0.5) is 0 Å². The van der Waals surface area contributed by atoms with Gasteiger partial charge < -0.3 is 10.3 Å². The minimum atomic E-state index is 0.119. The smallest absolute Gasteiger partial charge is 0.223 e. The van der Waals surface area contributed by atoms with Crippen LogP contribution in [0, 0.1) is 5.92 Å². The first kappa shape index (κ1) is 12.3. The fourth-order valence-corrected chi connectivity index (χ4v) is 3.14. The molecule has 104 valence electrons. The molecule has 4 rings (SSSR count). The number of aromatic amines is 1. The summed E-state index contributed by atoms with van der Waals surface area (Å²) in [6.45, 7) is 0.752. The summed E-state index contributed by atoms with van der Waals surface area (Å²) >= 11 is 6.11. The van der Waals surface area contributed by atoms with E-state index >= 15 is 0 Å². The number of fused-ring (bicyclic) bond motifs is 1. The van der Waals surface area contributed by atoms with E-state index in [1.807, 2.05) is 18.2 Å². The van der Waals surface area contributed by atoms with E-state index < -0.39 is 0 Å². The van der Waals surface area contributed by atoms with E-state index in [0.717, 1.165) is 42.8 Å². The second kappa shape index (κ2) is 4.26. The van der Waals surface area contributed by atoms with E-state index in [2.05, 4.69) is 16.5 Å². The maximum absolute atomic E-state index is 11.8. The Morgan fingerprint density at radius 1 is 1.40 bits per heavy atom. The Morgan fingerprint density at radius 3 is 2.90 bits per heavy atom. The highest BCUT2D eigenvalue weighted by atomic mass is 35.5. The number of H-pyrrole nitrogens is 1. The van der Waals surface area contributed by atoms with Crippen molar-refractivity contribution in [2.45, 2.75) is 31.1 Å². The van der Waals surface area contributed by atoms with E-state index in [4.69, 9.17) is 11.6 Å². The van der Waals surface area contributed by atoms with Crippen LogP contribution in [0.3, 0.4) is 0 Å². The Morgan fingerprint density at radius 2 is 2.20 bits per heavy atom. The fraction of sp³-hybridized carbons (Fsp3) is 0.438. The number of hydrogen-bond acceptors (Lipinski definition) is 1. The van der Waals surface area contributed by atoms with Crippen LogP contribution >= 0.6 is 11.6 Å². The SMILES string of the molecule is O=C(NCC1(c2c[nH]c3ccc(Cl)cc23)CC1)C1CC1. The van der Waals surface area contributed by atoms with Gasteiger partial charge in [-0.05, 0) is 49.4 Å². The molecular weight excluding hydrogens is 272 g/mol. The van der Waals surface area contributed by atoms with Gasteiger partial charge in [0.1, 0.15) is 0 Å². The van der Waals surface area contributed by atoms with Crippen LogP contribution in [-0.4, -0.2) is 17.4 Å². The van der Waals surface area contributed by atoms with Gasteiger partial charge in [0, 0.05) is 40.0 Å². The Kier molecular flexibility index (Phi) is 2.61. The summed E-state index contributed by atoms with van der Waals surface area (Å²) in [6.07, 6.45) is 6.47. The van der Waals surface area contributed by atoms with Crippen LogP contribution in [0.1, 0.15) is 31.2 Å². The van der Waals surface area contributed by atoms with E-state index in [9.17, 15) is 4.79 Å². The molecule has 0 aliphatic heterocycles.